The van der Waals surface area contributed by atoms with E-state index in [1.165, 1.54) is 5.56 Å². The summed E-state index contributed by atoms with van der Waals surface area (Å²) in [6.45, 7) is 2.24. The molecule has 1 N–H and O–H groups in total. The Hall–Kier alpha value is -2.20. The number of hydrogen-bond donors (Lipinski definition) is 1. The van der Waals surface area contributed by atoms with Crippen molar-refractivity contribution in [2.45, 2.75) is 31.7 Å². The molecule has 1 aliphatic heterocycles. The van der Waals surface area contributed by atoms with Crippen molar-refractivity contribution in [1.82, 2.24) is 9.88 Å². The molecule has 2 fully saturated rings. The first-order valence-corrected chi connectivity index (χ1v) is 9.08. The molecule has 1 saturated heterocycles. The second-order valence-corrected chi connectivity index (χ2v) is 7.53. The van der Waals surface area contributed by atoms with Gasteiger partial charge in [0.15, 0.2) is 0 Å². The number of likely N-dealkylation sites (tertiary alicyclic amines) is 1. The van der Waals surface area contributed by atoms with Crippen LogP contribution in [-0.4, -0.2) is 34.0 Å². The monoisotopic (exact) mass is 336 g/mol. The van der Waals surface area contributed by atoms with Gasteiger partial charge in [-0.3, -0.25) is 14.7 Å². The first-order chi connectivity index (χ1) is 12.2. The second kappa shape index (κ2) is 6.60. The summed E-state index contributed by atoms with van der Waals surface area (Å²) in [7, 11) is 0. The third-order valence-electron chi connectivity index (χ3n) is 6.08. The van der Waals surface area contributed by atoms with E-state index >= 15 is 0 Å². The number of carbonyl (C=O) groups is 1. The zero-order chi connectivity index (χ0) is 17.3. The average molecular weight is 336 g/mol. The van der Waals surface area contributed by atoms with Crippen LogP contribution < -0.4 is 0 Å². The molecular formula is C21H24N2O2. The largest absolute Gasteiger partial charge is 0.481 e. The van der Waals surface area contributed by atoms with E-state index in [0.717, 1.165) is 38.0 Å². The van der Waals surface area contributed by atoms with Gasteiger partial charge in [0.1, 0.15) is 0 Å². The number of benzene rings is 1. The first kappa shape index (κ1) is 16.3. The quantitative estimate of drug-likeness (QED) is 0.928. The van der Waals surface area contributed by atoms with E-state index in [9.17, 15) is 9.90 Å². The topological polar surface area (TPSA) is 53.4 Å². The van der Waals surface area contributed by atoms with Crippen molar-refractivity contribution in [1.29, 1.82) is 0 Å². The maximum Gasteiger partial charge on any atom is 0.311 e. The van der Waals surface area contributed by atoms with Crippen LogP contribution >= 0.6 is 0 Å². The van der Waals surface area contributed by atoms with Crippen molar-refractivity contribution in [3.05, 3.63) is 66.0 Å². The predicted octanol–water partition coefficient (Wildman–Crippen LogP) is 3.55. The Morgan fingerprint density at radius 2 is 2.00 bits per heavy atom. The number of aromatic nitrogens is 1. The summed E-state index contributed by atoms with van der Waals surface area (Å²) in [5, 5.41) is 10.00. The second-order valence-electron chi connectivity index (χ2n) is 7.53. The van der Waals surface area contributed by atoms with E-state index in [1.54, 1.807) is 6.20 Å². The Labute approximate surface area is 148 Å². The highest BCUT2D eigenvalue weighted by Crippen LogP contribution is 2.51. The summed E-state index contributed by atoms with van der Waals surface area (Å²) in [5.74, 6) is 0.0775. The van der Waals surface area contributed by atoms with E-state index in [-0.39, 0.29) is 5.92 Å². The van der Waals surface area contributed by atoms with Crippen molar-refractivity contribution >= 4 is 5.97 Å². The lowest BCUT2D eigenvalue weighted by Crippen LogP contribution is -2.42. The number of aliphatic carboxylic acids is 1. The van der Waals surface area contributed by atoms with Gasteiger partial charge in [0.25, 0.3) is 0 Å². The zero-order valence-electron chi connectivity index (χ0n) is 14.3. The van der Waals surface area contributed by atoms with Crippen LogP contribution in [0.1, 0.15) is 36.4 Å². The number of rotatable bonds is 4. The van der Waals surface area contributed by atoms with Crippen molar-refractivity contribution in [2.75, 3.05) is 13.1 Å². The lowest BCUT2D eigenvalue weighted by atomic mass is 9.64. The maximum atomic E-state index is 12.2. The van der Waals surface area contributed by atoms with Crippen molar-refractivity contribution < 1.29 is 9.90 Å². The van der Waals surface area contributed by atoms with Gasteiger partial charge < -0.3 is 5.11 Å². The molecule has 4 nitrogen and oxygen atoms in total. The molecule has 1 aromatic heterocycles. The maximum absolute atomic E-state index is 12.2. The first-order valence-electron chi connectivity index (χ1n) is 9.08. The van der Waals surface area contributed by atoms with Gasteiger partial charge in [0, 0.05) is 25.8 Å². The molecule has 1 aliphatic carbocycles. The standard InChI is InChI=1S/C21H24N2O2/c24-20(25)21-10-9-17(16-6-2-1-3-7-16)12-18(21)13-23(15-21)14-19-8-4-5-11-22-19/h1-8,11,17-18H,9-10,12-15H2,(H,24,25)/t17-,18-,21-/m0/s1. The molecule has 0 amide bonds. The molecule has 0 spiro atoms. The summed E-state index contributed by atoms with van der Waals surface area (Å²) in [6.07, 6.45) is 4.50. The Morgan fingerprint density at radius 3 is 2.72 bits per heavy atom. The van der Waals surface area contributed by atoms with Crippen LogP contribution in [0.15, 0.2) is 54.7 Å². The van der Waals surface area contributed by atoms with Gasteiger partial charge >= 0.3 is 5.97 Å². The molecule has 2 aromatic rings. The van der Waals surface area contributed by atoms with Gasteiger partial charge in [0.2, 0.25) is 0 Å². The van der Waals surface area contributed by atoms with E-state index in [1.807, 2.05) is 24.3 Å². The summed E-state index contributed by atoms with van der Waals surface area (Å²) in [6, 6.07) is 16.5. The predicted molar refractivity (Wildman–Crippen MR) is 96.1 cm³/mol. The Bertz CT molecular complexity index is 734. The average Bonchev–Trinajstić information content (AvgIpc) is 3.01. The number of nitrogens with zero attached hydrogens (tertiary/aromatic N) is 2. The molecule has 4 heteroatoms. The van der Waals surface area contributed by atoms with Crippen LogP contribution in [0.2, 0.25) is 0 Å². The highest BCUT2D eigenvalue weighted by atomic mass is 16.4. The zero-order valence-corrected chi connectivity index (χ0v) is 14.3. The SMILES string of the molecule is O=C(O)[C@]12CC[C@H](c3ccccc3)C[C@H]1CN(Cc1ccccn1)C2. The van der Waals surface area contributed by atoms with E-state index < -0.39 is 11.4 Å². The smallest absolute Gasteiger partial charge is 0.311 e. The molecule has 2 heterocycles. The molecular weight excluding hydrogens is 312 g/mol. The summed E-state index contributed by atoms with van der Waals surface area (Å²) < 4.78 is 0. The van der Waals surface area contributed by atoms with E-state index in [4.69, 9.17) is 0 Å². The lowest BCUT2D eigenvalue weighted by molar-refractivity contribution is -0.152. The summed E-state index contributed by atoms with van der Waals surface area (Å²) in [5.41, 5.74) is 1.78. The van der Waals surface area contributed by atoms with Crippen molar-refractivity contribution in [2.24, 2.45) is 11.3 Å². The fraction of sp³-hybridized carbons (Fsp3) is 0.429. The van der Waals surface area contributed by atoms with Crippen molar-refractivity contribution in [3.8, 4) is 0 Å². The highest BCUT2D eigenvalue weighted by molar-refractivity contribution is 5.76. The van der Waals surface area contributed by atoms with Gasteiger partial charge in [-0.05, 0) is 48.8 Å². The molecule has 0 unspecified atom stereocenters. The van der Waals surface area contributed by atoms with Crippen LogP contribution in [0.3, 0.4) is 0 Å². The van der Waals surface area contributed by atoms with E-state index in [2.05, 4.69) is 34.1 Å². The Balaban J connectivity index is 1.53. The van der Waals surface area contributed by atoms with Gasteiger partial charge in [-0.15, -0.1) is 0 Å². The molecule has 0 radical (unpaired) electrons. The third-order valence-corrected chi connectivity index (χ3v) is 6.08. The lowest BCUT2D eigenvalue weighted by Gasteiger charge is -2.38. The van der Waals surface area contributed by atoms with Gasteiger partial charge in [-0.2, -0.15) is 0 Å². The van der Waals surface area contributed by atoms with Gasteiger partial charge in [-0.25, -0.2) is 0 Å². The molecule has 3 atom stereocenters. The van der Waals surface area contributed by atoms with Gasteiger partial charge in [-0.1, -0.05) is 36.4 Å². The fourth-order valence-corrected chi connectivity index (χ4v) is 4.77. The minimum absolute atomic E-state index is 0.215. The van der Waals surface area contributed by atoms with Crippen LogP contribution in [0, 0.1) is 11.3 Å². The minimum atomic E-state index is -0.618. The normalized spacial score (nSPS) is 29.3. The van der Waals surface area contributed by atoms with Crippen LogP contribution in [0.4, 0.5) is 0 Å². The molecule has 4 rings (SSSR count). The minimum Gasteiger partial charge on any atom is -0.481 e. The van der Waals surface area contributed by atoms with Crippen LogP contribution in [0.25, 0.3) is 0 Å². The number of pyridine rings is 1. The number of carboxylic acids is 1. The molecule has 0 bridgehead atoms. The molecule has 1 saturated carbocycles. The van der Waals surface area contributed by atoms with Crippen molar-refractivity contribution in [3.63, 3.8) is 0 Å². The number of fused-ring (bicyclic) bond motifs is 1. The highest BCUT2D eigenvalue weighted by Gasteiger charge is 2.54. The summed E-state index contributed by atoms with van der Waals surface area (Å²) in [4.78, 5) is 18.8. The molecule has 1 aromatic carbocycles. The Morgan fingerprint density at radius 1 is 1.20 bits per heavy atom. The molecule has 25 heavy (non-hydrogen) atoms. The number of hydrogen-bond acceptors (Lipinski definition) is 3. The summed E-state index contributed by atoms with van der Waals surface area (Å²) >= 11 is 0. The number of carboxylic acid groups (broad SMARTS) is 1. The van der Waals surface area contributed by atoms with Gasteiger partial charge in [0.05, 0.1) is 11.1 Å². The van der Waals surface area contributed by atoms with Crippen LogP contribution in [0.5, 0.6) is 0 Å². The van der Waals surface area contributed by atoms with E-state index in [0.29, 0.717) is 12.5 Å². The Kier molecular flexibility index (Phi) is 4.30. The third kappa shape index (κ3) is 3.07. The van der Waals surface area contributed by atoms with Crippen LogP contribution in [-0.2, 0) is 11.3 Å². The fourth-order valence-electron chi connectivity index (χ4n) is 4.77. The molecule has 130 valence electrons. The molecule has 2 aliphatic rings.